The summed E-state index contributed by atoms with van der Waals surface area (Å²) in [4.78, 5) is 11.0. The quantitative estimate of drug-likeness (QED) is 0.806. The number of aromatic carboxylic acids is 1. The number of nitriles is 1. The van der Waals surface area contributed by atoms with Gasteiger partial charge in [0, 0.05) is 0 Å². The molecular formula is C11H9BFNO4S. The van der Waals surface area contributed by atoms with E-state index in [1.54, 1.807) is 0 Å². The molecule has 0 unspecified atom stereocenters. The van der Waals surface area contributed by atoms with Gasteiger partial charge >= 0.3 is 13.1 Å². The van der Waals surface area contributed by atoms with Gasteiger partial charge in [-0.15, -0.1) is 11.8 Å². The summed E-state index contributed by atoms with van der Waals surface area (Å²) in [5, 5.41) is 26.9. The molecule has 1 aromatic carbocycles. The number of nitrogens with zero attached hydrogens (tertiary/aromatic N) is 1. The Hall–Kier alpha value is -1.72. The van der Waals surface area contributed by atoms with Crippen molar-refractivity contribution in [3.8, 4) is 11.8 Å². The molecule has 0 spiro atoms. The van der Waals surface area contributed by atoms with Gasteiger partial charge < -0.3 is 14.8 Å². The van der Waals surface area contributed by atoms with Crippen LogP contribution in [-0.4, -0.2) is 34.1 Å². The first-order chi connectivity index (χ1) is 9.04. The van der Waals surface area contributed by atoms with Crippen molar-refractivity contribution in [3.05, 3.63) is 29.1 Å². The third-order valence-electron chi connectivity index (χ3n) is 2.74. The Morgan fingerprint density at radius 3 is 3.05 bits per heavy atom. The zero-order valence-electron chi connectivity index (χ0n) is 9.67. The number of hydrogen-bond donors (Lipinski definition) is 2. The molecule has 0 saturated heterocycles. The molecule has 5 nitrogen and oxygen atoms in total. The summed E-state index contributed by atoms with van der Waals surface area (Å²) in [5.74, 6) is -2.28. The Kier molecular flexibility index (Phi) is 3.97. The molecule has 2 N–H and O–H groups in total. The highest BCUT2D eigenvalue weighted by Crippen LogP contribution is 2.35. The van der Waals surface area contributed by atoms with E-state index in [2.05, 4.69) is 0 Å². The van der Waals surface area contributed by atoms with Gasteiger partial charge in [0.1, 0.15) is 17.1 Å². The second-order valence-electron chi connectivity index (χ2n) is 3.94. The smallest absolute Gasteiger partial charge is 0.535 e. The van der Waals surface area contributed by atoms with Gasteiger partial charge in [0.2, 0.25) is 0 Å². The van der Waals surface area contributed by atoms with Crippen LogP contribution >= 0.6 is 11.8 Å². The van der Waals surface area contributed by atoms with Gasteiger partial charge in [-0.2, -0.15) is 5.26 Å². The first kappa shape index (κ1) is 13.7. The molecule has 2 rings (SSSR count). The van der Waals surface area contributed by atoms with Crippen molar-refractivity contribution in [2.75, 3.05) is 5.75 Å². The fourth-order valence-electron chi connectivity index (χ4n) is 1.90. The number of hydrogen-bond acceptors (Lipinski definition) is 5. The van der Waals surface area contributed by atoms with E-state index in [1.807, 2.05) is 6.07 Å². The molecule has 8 heteroatoms. The maximum atomic E-state index is 13.5. The van der Waals surface area contributed by atoms with Crippen LogP contribution in [0.15, 0.2) is 12.1 Å². The molecule has 98 valence electrons. The maximum Gasteiger partial charge on any atom is 0.536 e. The molecule has 1 aliphatic rings. The van der Waals surface area contributed by atoms with Crippen LogP contribution in [0.3, 0.4) is 0 Å². The van der Waals surface area contributed by atoms with E-state index in [-0.39, 0.29) is 16.7 Å². The highest BCUT2D eigenvalue weighted by atomic mass is 32.2. The van der Waals surface area contributed by atoms with Gasteiger partial charge in [-0.05, 0) is 18.1 Å². The van der Waals surface area contributed by atoms with E-state index in [0.29, 0.717) is 12.0 Å². The highest BCUT2D eigenvalue weighted by Gasteiger charge is 2.37. The number of carbonyl (C=O) groups is 1. The fraction of sp³-hybridized carbons (Fsp3) is 0.273. The van der Waals surface area contributed by atoms with Crippen molar-refractivity contribution in [1.82, 2.24) is 0 Å². The van der Waals surface area contributed by atoms with E-state index in [9.17, 15) is 14.2 Å². The van der Waals surface area contributed by atoms with Crippen LogP contribution in [0, 0.1) is 17.1 Å². The summed E-state index contributed by atoms with van der Waals surface area (Å²) >= 11 is 1.21. The Labute approximate surface area is 113 Å². The van der Waals surface area contributed by atoms with Gasteiger partial charge in [0.25, 0.3) is 0 Å². The topological polar surface area (TPSA) is 90.6 Å². The van der Waals surface area contributed by atoms with Crippen LogP contribution in [-0.2, 0) is 6.42 Å². The molecule has 19 heavy (non-hydrogen) atoms. The third-order valence-corrected chi connectivity index (χ3v) is 3.87. The molecule has 0 bridgehead atoms. The SMILES string of the molecule is N#CCS[C@H]1Cc2ccc(F)c(C(=O)O)c2OB1O. The van der Waals surface area contributed by atoms with Crippen molar-refractivity contribution in [1.29, 1.82) is 5.26 Å². The number of carboxylic acids is 1. The van der Waals surface area contributed by atoms with Crippen LogP contribution in [0.25, 0.3) is 0 Å². The largest absolute Gasteiger partial charge is 0.536 e. The normalized spacial score (nSPS) is 17.3. The highest BCUT2D eigenvalue weighted by molar-refractivity contribution is 8.01. The van der Waals surface area contributed by atoms with Crippen LogP contribution in [0.1, 0.15) is 15.9 Å². The molecule has 0 aliphatic carbocycles. The summed E-state index contributed by atoms with van der Waals surface area (Å²) in [5.41, 5.74) is -0.0557. The average molecular weight is 281 g/mol. The Bertz CT molecular complexity index is 562. The first-order valence-electron chi connectivity index (χ1n) is 5.42. The fourth-order valence-corrected chi connectivity index (χ4v) is 2.70. The lowest BCUT2D eigenvalue weighted by molar-refractivity contribution is 0.0689. The summed E-state index contributed by atoms with van der Waals surface area (Å²) in [7, 11) is -1.26. The summed E-state index contributed by atoms with van der Waals surface area (Å²) in [6.45, 7) is 0. The minimum atomic E-state index is -1.44. The predicted octanol–water partition coefficient (Wildman–Crippen LogP) is 1.10. The number of rotatable bonds is 3. The van der Waals surface area contributed by atoms with Crippen molar-refractivity contribution in [2.45, 2.75) is 11.6 Å². The van der Waals surface area contributed by atoms with Gasteiger partial charge in [-0.25, -0.2) is 9.18 Å². The average Bonchev–Trinajstić information content (AvgIpc) is 2.36. The molecule has 0 amide bonds. The zero-order valence-corrected chi connectivity index (χ0v) is 10.5. The lowest BCUT2D eigenvalue weighted by Crippen LogP contribution is -2.41. The van der Waals surface area contributed by atoms with Gasteiger partial charge in [0.15, 0.2) is 0 Å². The van der Waals surface area contributed by atoms with Crippen LogP contribution in [0.5, 0.6) is 5.75 Å². The van der Waals surface area contributed by atoms with Crippen LogP contribution < -0.4 is 4.65 Å². The number of halogens is 1. The minimum Gasteiger partial charge on any atom is -0.535 e. The minimum absolute atomic E-state index is 0.131. The van der Waals surface area contributed by atoms with E-state index >= 15 is 0 Å². The second kappa shape index (κ2) is 5.51. The molecule has 0 fully saturated rings. The van der Waals surface area contributed by atoms with E-state index < -0.39 is 24.5 Å². The van der Waals surface area contributed by atoms with Gasteiger partial charge in [-0.3, -0.25) is 0 Å². The molecule has 0 radical (unpaired) electrons. The van der Waals surface area contributed by atoms with E-state index in [4.69, 9.17) is 15.0 Å². The third kappa shape index (κ3) is 2.67. The molecule has 0 saturated carbocycles. The maximum absolute atomic E-state index is 13.5. The van der Waals surface area contributed by atoms with Crippen LogP contribution in [0.4, 0.5) is 4.39 Å². The van der Waals surface area contributed by atoms with Crippen molar-refractivity contribution >= 4 is 24.8 Å². The lowest BCUT2D eigenvalue weighted by Gasteiger charge is -2.27. The molecule has 1 aliphatic heterocycles. The van der Waals surface area contributed by atoms with E-state index in [1.165, 1.54) is 17.8 Å². The number of carboxylic acid groups (broad SMARTS) is 1. The predicted molar refractivity (Wildman–Crippen MR) is 67.5 cm³/mol. The number of thioether (sulfide) groups is 1. The summed E-state index contributed by atoms with van der Waals surface area (Å²) < 4.78 is 18.6. The van der Waals surface area contributed by atoms with Crippen LogP contribution in [0.2, 0.25) is 0 Å². The molecule has 1 heterocycles. The lowest BCUT2D eigenvalue weighted by atomic mass is 9.77. The molecule has 1 aromatic rings. The van der Waals surface area contributed by atoms with E-state index in [0.717, 1.165) is 6.07 Å². The first-order valence-corrected chi connectivity index (χ1v) is 6.47. The van der Waals surface area contributed by atoms with Gasteiger partial charge in [-0.1, -0.05) is 6.07 Å². The monoisotopic (exact) mass is 281 g/mol. The summed E-state index contributed by atoms with van der Waals surface area (Å²) in [6, 6.07) is 4.44. The standard InChI is InChI=1S/C11H9BFNO4S/c13-7-2-1-6-5-8(19-4-3-14)12(17)18-10(6)9(7)11(15)16/h1-2,8,17H,4-5H2,(H,15,16)/t8-/m0/s1. The Balaban J connectivity index is 2.35. The van der Waals surface area contributed by atoms with Crippen molar-refractivity contribution in [3.63, 3.8) is 0 Å². The van der Waals surface area contributed by atoms with Crippen molar-refractivity contribution < 1.29 is 24.0 Å². The number of fused-ring (bicyclic) bond motifs is 1. The zero-order chi connectivity index (χ0) is 14.0. The molecule has 0 aromatic heterocycles. The molecule has 1 atom stereocenters. The van der Waals surface area contributed by atoms with Crippen molar-refractivity contribution in [2.24, 2.45) is 0 Å². The Morgan fingerprint density at radius 2 is 2.42 bits per heavy atom. The van der Waals surface area contributed by atoms with Gasteiger partial charge in [0.05, 0.1) is 17.0 Å². The Morgan fingerprint density at radius 1 is 1.68 bits per heavy atom. The number of benzene rings is 1. The second-order valence-corrected chi connectivity index (χ2v) is 5.16. The summed E-state index contributed by atoms with van der Waals surface area (Å²) in [6.07, 6.45) is 0.323. The molecular weight excluding hydrogens is 272 g/mol.